The smallest absolute Gasteiger partial charge is 0.241 e. The molecule has 0 bridgehead atoms. The summed E-state index contributed by atoms with van der Waals surface area (Å²) in [6, 6.07) is 28.9. The van der Waals surface area contributed by atoms with Crippen molar-refractivity contribution in [3.05, 3.63) is 131 Å². The van der Waals surface area contributed by atoms with Gasteiger partial charge in [-0.1, -0.05) is 66.2 Å². The minimum atomic E-state index is -1.24. The van der Waals surface area contributed by atoms with Gasteiger partial charge in [0.15, 0.2) is 5.78 Å². The second kappa shape index (κ2) is 11.7. The maximum Gasteiger partial charge on any atom is 0.241 e. The van der Waals surface area contributed by atoms with Gasteiger partial charge in [-0.15, -0.1) is 0 Å². The largest absolute Gasteiger partial charge is 0.508 e. The number of nitrogens with zero attached hydrogens (tertiary/aromatic N) is 2. The van der Waals surface area contributed by atoms with Crippen molar-refractivity contribution in [3.8, 4) is 11.5 Å². The number of imide groups is 2. The number of ether oxygens (including phenoxy) is 1. The number of hydrogen-bond acceptors (Lipinski definition) is 7. The van der Waals surface area contributed by atoms with Gasteiger partial charge in [-0.25, -0.2) is 4.90 Å². The first-order valence-corrected chi connectivity index (χ1v) is 16.7. The zero-order chi connectivity index (χ0) is 34.9. The lowest BCUT2D eigenvalue weighted by atomic mass is 9.51. The molecule has 0 unspecified atom stereocenters. The standard InChI is InChI=1S/C41H34N2O7/c1-41-32(38(47)43(40(41)49)25-11-7-4-8-12-25)22-31-28(35(41)29-18-17-27(44)21-33(29)50-2)19-20-30-34(31)39(48)42(37(30)46)26-15-13-24(14-16-26)36(45)23-9-5-3-6-10-23/h3-19,21,30-32,34-35,44H,20,22H2,1-2H3/t30-,31+,32-,34-,35+,41+/m0/s1. The summed E-state index contributed by atoms with van der Waals surface area (Å²) in [5, 5.41) is 10.3. The van der Waals surface area contributed by atoms with Crippen molar-refractivity contribution in [2.45, 2.75) is 25.7 Å². The summed E-state index contributed by atoms with van der Waals surface area (Å²) >= 11 is 0. The molecule has 0 aromatic heterocycles. The normalized spacial score (nSPS) is 27.1. The summed E-state index contributed by atoms with van der Waals surface area (Å²) in [5.74, 6) is -4.59. The van der Waals surface area contributed by atoms with E-state index in [1.165, 1.54) is 29.0 Å². The maximum absolute atomic E-state index is 14.6. The Morgan fingerprint density at radius 1 is 0.760 bits per heavy atom. The monoisotopic (exact) mass is 666 g/mol. The zero-order valence-corrected chi connectivity index (χ0v) is 27.5. The third-order valence-electron chi connectivity index (χ3n) is 11.2. The molecule has 2 heterocycles. The molecule has 1 N–H and O–H groups in total. The van der Waals surface area contributed by atoms with Gasteiger partial charge in [-0.3, -0.25) is 28.9 Å². The predicted octanol–water partition coefficient (Wildman–Crippen LogP) is 6.07. The number of para-hydroxylation sites is 1. The van der Waals surface area contributed by atoms with Crippen LogP contribution in [-0.4, -0.2) is 41.6 Å². The van der Waals surface area contributed by atoms with Crippen LogP contribution in [0.3, 0.4) is 0 Å². The summed E-state index contributed by atoms with van der Waals surface area (Å²) in [5.41, 5.74) is 2.02. The predicted molar refractivity (Wildman–Crippen MR) is 185 cm³/mol. The van der Waals surface area contributed by atoms with Crippen LogP contribution in [0.4, 0.5) is 11.4 Å². The number of hydrogen-bond donors (Lipinski definition) is 1. The molecule has 0 radical (unpaired) electrons. The molecule has 50 heavy (non-hydrogen) atoms. The first-order chi connectivity index (χ1) is 24.1. The minimum absolute atomic E-state index is 0.0132. The van der Waals surface area contributed by atoms with Crippen LogP contribution in [0.15, 0.2) is 115 Å². The Bertz CT molecular complexity index is 2110. The van der Waals surface area contributed by atoms with E-state index < -0.39 is 35.0 Å². The van der Waals surface area contributed by atoms with Crippen molar-refractivity contribution in [1.82, 2.24) is 0 Å². The summed E-state index contributed by atoms with van der Waals surface area (Å²) in [6.07, 6.45) is 2.47. The molecule has 250 valence electrons. The number of phenols is 1. The summed E-state index contributed by atoms with van der Waals surface area (Å²) in [4.78, 5) is 72.9. The Hall–Kier alpha value is -5.83. The molecule has 4 aromatic rings. The van der Waals surface area contributed by atoms with Gasteiger partial charge in [0, 0.05) is 28.7 Å². The van der Waals surface area contributed by atoms with Crippen molar-refractivity contribution in [2.75, 3.05) is 16.9 Å². The third kappa shape index (κ3) is 4.49. The fourth-order valence-corrected chi connectivity index (χ4v) is 8.89. The van der Waals surface area contributed by atoms with E-state index in [0.29, 0.717) is 33.8 Å². The number of carbonyl (C=O) groups excluding carboxylic acids is 5. The Morgan fingerprint density at radius 3 is 2.08 bits per heavy atom. The molecule has 6 atom stereocenters. The Kier molecular flexibility index (Phi) is 7.33. The topological polar surface area (TPSA) is 121 Å². The number of phenolic OH excluding ortho intramolecular Hbond substituents is 1. The van der Waals surface area contributed by atoms with Crippen LogP contribution in [0.5, 0.6) is 11.5 Å². The molecular weight excluding hydrogens is 632 g/mol. The molecule has 2 aliphatic carbocycles. The van der Waals surface area contributed by atoms with E-state index in [0.717, 1.165) is 5.57 Å². The molecule has 8 rings (SSSR count). The summed E-state index contributed by atoms with van der Waals surface area (Å²) in [7, 11) is 1.48. The van der Waals surface area contributed by atoms with E-state index >= 15 is 0 Å². The summed E-state index contributed by atoms with van der Waals surface area (Å²) < 4.78 is 5.73. The fraction of sp³-hybridized carbons (Fsp3) is 0.244. The molecule has 2 saturated heterocycles. The number of methoxy groups -OCH3 is 1. The van der Waals surface area contributed by atoms with Gasteiger partial charge >= 0.3 is 0 Å². The van der Waals surface area contributed by atoms with Crippen LogP contribution in [0.25, 0.3) is 0 Å². The van der Waals surface area contributed by atoms with Crippen LogP contribution in [0.1, 0.15) is 47.2 Å². The van der Waals surface area contributed by atoms with Crippen LogP contribution in [0, 0.1) is 29.1 Å². The molecule has 2 aliphatic heterocycles. The minimum Gasteiger partial charge on any atom is -0.508 e. The van der Waals surface area contributed by atoms with E-state index in [1.54, 1.807) is 78.9 Å². The second-order valence-electron chi connectivity index (χ2n) is 13.7. The molecular formula is C41H34N2O7. The zero-order valence-electron chi connectivity index (χ0n) is 27.5. The number of allylic oxidation sites excluding steroid dienone is 2. The Labute approximate surface area is 288 Å². The first kappa shape index (κ1) is 31.4. The highest BCUT2D eigenvalue weighted by atomic mass is 16.5. The van der Waals surface area contributed by atoms with Gasteiger partial charge in [0.25, 0.3) is 0 Å². The first-order valence-electron chi connectivity index (χ1n) is 16.7. The van der Waals surface area contributed by atoms with E-state index in [4.69, 9.17) is 4.74 Å². The molecule has 3 fully saturated rings. The van der Waals surface area contributed by atoms with Gasteiger partial charge in [0.2, 0.25) is 23.6 Å². The number of rotatable bonds is 6. The summed E-state index contributed by atoms with van der Waals surface area (Å²) in [6.45, 7) is 1.81. The highest BCUT2D eigenvalue weighted by molar-refractivity contribution is 6.25. The quantitative estimate of drug-likeness (QED) is 0.151. The van der Waals surface area contributed by atoms with Crippen molar-refractivity contribution in [1.29, 1.82) is 0 Å². The molecule has 4 aromatic carbocycles. The highest BCUT2D eigenvalue weighted by Gasteiger charge is 2.68. The van der Waals surface area contributed by atoms with Gasteiger partial charge in [-0.2, -0.15) is 0 Å². The van der Waals surface area contributed by atoms with Crippen LogP contribution >= 0.6 is 0 Å². The third-order valence-corrected chi connectivity index (χ3v) is 11.2. The number of ketones is 1. The maximum atomic E-state index is 14.6. The average molecular weight is 667 g/mol. The Balaban J connectivity index is 1.19. The second-order valence-corrected chi connectivity index (χ2v) is 13.7. The number of fused-ring (bicyclic) bond motifs is 4. The van der Waals surface area contributed by atoms with E-state index in [2.05, 4.69) is 0 Å². The number of aromatic hydroxyl groups is 1. The van der Waals surface area contributed by atoms with Crippen molar-refractivity contribution < 1.29 is 33.8 Å². The molecule has 4 aliphatic rings. The van der Waals surface area contributed by atoms with Crippen LogP contribution in [-0.2, 0) is 19.2 Å². The van der Waals surface area contributed by atoms with Gasteiger partial charge < -0.3 is 9.84 Å². The van der Waals surface area contributed by atoms with Gasteiger partial charge in [-0.05, 0) is 68.1 Å². The van der Waals surface area contributed by atoms with E-state index in [9.17, 15) is 29.1 Å². The molecule has 9 heteroatoms. The highest BCUT2D eigenvalue weighted by Crippen LogP contribution is 2.64. The average Bonchev–Trinajstić information content (AvgIpc) is 3.51. The molecule has 9 nitrogen and oxygen atoms in total. The number of amides is 4. The lowest BCUT2D eigenvalue weighted by Gasteiger charge is -2.49. The fourth-order valence-electron chi connectivity index (χ4n) is 8.89. The molecule has 0 spiro atoms. The molecule has 4 amide bonds. The van der Waals surface area contributed by atoms with E-state index in [1.807, 2.05) is 25.1 Å². The SMILES string of the molecule is COc1cc(O)ccc1[C@H]1C2=CC[C@@H]3C(=O)N(c4ccc(C(=O)c5ccccc5)cc4)C(=O)[C@@H]3[C@@H]2C[C@H]2C(=O)N(c3ccccc3)C(=O)[C@@]12C. The molecule has 1 saturated carbocycles. The van der Waals surface area contributed by atoms with Crippen molar-refractivity contribution in [3.63, 3.8) is 0 Å². The number of benzene rings is 4. The number of anilines is 2. The van der Waals surface area contributed by atoms with Crippen LogP contribution in [0.2, 0.25) is 0 Å². The lowest BCUT2D eigenvalue weighted by Crippen LogP contribution is -2.49. The van der Waals surface area contributed by atoms with Gasteiger partial charge in [0.1, 0.15) is 11.5 Å². The lowest BCUT2D eigenvalue weighted by molar-refractivity contribution is -0.131. The van der Waals surface area contributed by atoms with Gasteiger partial charge in [0.05, 0.1) is 41.7 Å². The van der Waals surface area contributed by atoms with Crippen molar-refractivity contribution >= 4 is 40.8 Å². The van der Waals surface area contributed by atoms with Crippen LogP contribution < -0.4 is 14.5 Å². The number of carbonyl (C=O) groups is 5. The van der Waals surface area contributed by atoms with E-state index in [-0.39, 0.29) is 48.0 Å². The Morgan fingerprint density at radius 2 is 1.40 bits per heavy atom. The van der Waals surface area contributed by atoms with Crippen molar-refractivity contribution in [2.24, 2.45) is 29.1 Å².